The van der Waals surface area contributed by atoms with E-state index in [1.807, 2.05) is 25.3 Å². The molecule has 1 heterocycles. The number of rotatable bonds is 2. The van der Waals surface area contributed by atoms with Crippen LogP contribution >= 0.6 is 0 Å². The van der Waals surface area contributed by atoms with Crippen LogP contribution in [0.3, 0.4) is 0 Å². The molecule has 1 unspecified atom stereocenters. The first-order valence-electron chi connectivity index (χ1n) is 3.79. The third kappa shape index (κ3) is 1.90. The molecule has 0 amide bonds. The van der Waals surface area contributed by atoms with Crippen molar-refractivity contribution in [3.63, 3.8) is 0 Å². The first kappa shape index (κ1) is 7.99. The lowest BCUT2D eigenvalue weighted by Crippen LogP contribution is -1.92. The Hall–Kier alpha value is -1.11. The molecule has 11 heavy (non-hydrogen) atoms. The minimum absolute atomic E-state index is 0.357. The maximum absolute atomic E-state index is 4.28. The smallest absolute Gasteiger partial charge is 0.0469 e. The van der Waals surface area contributed by atoms with Crippen LogP contribution in [0.2, 0.25) is 0 Å². The number of allylic oxidation sites excluding steroid dienone is 1. The molecule has 0 spiro atoms. The summed E-state index contributed by atoms with van der Waals surface area (Å²) >= 11 is 0. The second kappa shape index (κ2) is 3.33. The van der Waals surface area contributed by atoms with E-state index >= 15 is 0 Å². The standard InChI is InChI=1S/C10H13N/c1-4-9(3)10-6-5-8(2)7-11-10/h4-7,9H,1H2,2-3H3. The van der Waals surface area contributed by atoms with Gasteiger partial charge < -0.3 is 0 Å². The van der Waals surface area contributed by atoms with Crippen LogP contribution in [0, 0.1) is 6.92 Å². The highest BCUT2D eigenvalue weighted by molar-refractivity contribution is 5.17. The van der Waals surface area contributed by atoms with Crippen molar-refractivity contribution in [1.29, 1.82) is 0 Å². The highest BCUT2D eigenvalue weighted by Crippen LogP contribution is 2.12. The topological polar surface area (TPSA) is 12.9 Å². The van der Waals surface area contributed by atoms with E-state index in [1.54, 1.807) is 0 Å². The molecular weight excluding hydrogens is 134 g/mol. The molecule has 0 aliphatic heterocycles. The van der Waals surface area contributed by atoms with Gasteiger partial charge in [-0.15, -0.1) is 6.58 Å². The van der Waals surface area contributed by atoms with E-state index in [2.05, 4.69) is 24.6 Å². The molecule has 0 aliphatic rings. The number of hydrogen-bond acceptors (Lipinski definition) is 1. The highest BCUT2D eigenvalue weighted by Gasteiger charge is 1.99. The van der Waals surface area contributed by atoms with Gasteiger partial charge >= 0.3 is 0 Å². The quantitative estimate of drug-likeness (QED) is 0.586. The molecule has 0 N–H and O–H groups in total. The van der Waals surface area contributed by atoms with Crippen molar-refractivity contribution in [1.82, 2.24) is 4.98 Å². The largest absolute Gasteiger partial charge is 0.260 e. The Labute approximate surface area is 67.8 Å². The van der Waals surface area contributed by atoms with Crippen molar-refractivity contribution in [3.8, 4) is 0 Å². The van der Waals surface area contributed by atoms with Gasteiger partial charge in [-0.25, -0.2) is 0 Å². The molecule has 0 saturated heterocycles. The molecule has 58 valence electrons. The normalized spacial score (nSPS) is 12.5. The van der Waals surface area contributed by atoms with Crippen LogP contribution in [0.25, 0.3) is 0 Å². The summed E-state index contributed by atoms with van der Waals surface area (Å²) in [7, 11) is 0. The van der Waals surface area contributed by atoms with Gasteiger partial charge in [0.2, 0.25) is 0 Å². The number of aromatic nitrogens is 1. The third-order valence-corrected chi connectivity index (χ3v) is 1.75. The Morgan fingerprint density at radius 2 is 2.27 bits per heavy atom. The fourth-order valence-electron chi connectivity index (χ4n) is 0.869. The minimum atomic E-state index is 0.357. The lowest BCUT2D eigenvalue weighted by atomic mass is 10.1. The van der Waals surface area contributed by atoms with Gasteiger partial charge in [0, 0.05) is 17.8 Å². The van der Waals surface area contributed by atoms with Gasteiger partial charge in [0.1, 0.15) is 0 Å². The van der Waals surface area contributed by atoms with Crippen molar-refractivity contribution >= 4 is 0 Å². The Morgan fingerprint density at radius 3 is 2.73 bits per heavy atom. The summed E-state index contributed by atoms with van der Waals surface area (Å²) in [6.45, 7) is 7.84. The molecule has 1 aromatic heterocycles. The zero-order valence-electron chi connectivity index (χ0n) is 7.04. The van der Waals surface area contributed by atoms with E-state index in [4.69, 9.17) is 0 Å². The zero-order valence-corrected chi connectivity index (χ0v) is 7.04. The fourth-order valence-corrected chi connectivity index (χ4v) is 0.869. The van der Waals surface area contributed by atoms with Crippen LogP contribution in [-0.4, -0.2) is 4.98 Å². The summed E-state index contributed by atoms with van der Waals surface area (Å²) in [4.78, 5) is 4.28. The molecule has 1 nitrogen and oxygen atoms in total. The fraction of sp³-hybridized carbons (Fsp3) is 0.300. The summed E-state index contributed by atoms with van der Waals surface area (Å²) in [5.41, 5.74) is 2.29. The van der Waals surface area contributed by atoms with Gasteiger partial charge in [-0.3, -0.25) is 4.98 Å². The van der Waals surface area contributed by atoms with E-state index in [-0.39, 0.29) is 0 Å². The van der Waals surface area contributed by atoms with Gasteiger partial charge in [-0.2, -0.15) is 0 Å². The zero-order chi connectivity index (χ0) is 8.27. The van der Waals surface area contributed by atoms with Crippen LogP contribution in [0.5, 0.6) is 0 Å². The molecule has 0 aromatic carbocycles. The van der Waals surface area contributed by atoms with E-state index < -0.39 is 0 Å². The summed E-state index contributed by atoms with van der Waals surface area (Å²) in [6.07, 6.45) is 3.78. The average Bonchev–Trinajstić information content (AvgIpc) is 2.05. The number of nitrogens with zero attached hydrogens (tertiary/aromatic N) is 1. The van der Waals surface area contributed by atoms with Crippen molar-refractivity contribution < 1.29 is 0 Å². The van der Waals surface area contributed by atoms with Crippen LogP contribution < -0.4 is 0 Å². The Kier molecular flexibility index (Phi) is 2.42. The molecule has 0 radical (unpaired) electrons. The molecule has 0 saturated carbocycles. The maximum atomic E-state index is 4.28. The van der Waals surface area contributed by atoms with Crippen LogP contribution in [0.15, 0.2) is 31.0 Å². The summed E-state index contributed by atoms with van der Waals surface area (Å²) < 4.78 is 0. The van der Waals surface area contributed by atoms with Crippen molar-refractivity contribution in [2.75, 3.05) is 0 Å². The first-order valence-corrected chi connectivity index (χ1v) is 3.79. The van der Waals surface area contributed by atoms with Crippen molar-refractivity contribution in [2.24, 2.45) is 0 Å². The summed E-state index contributed by atoms with van der Waals surface area (Å²) in [5.74, 6) is 0.357. The predicted octanol–water partition coefficient (Wildman–Crippen LogP) is 2.68. The summed E-state index contributed by atoms with van der Waals surface area (Å²) in [6, 6.07) is 4.12. The first-order chi connectivity index (χ1) is 5.24. The highest BCUT2D eigenvalue weighted by atomic mass is 14.7. The lowest BCUT2D eigenvalue weighted by molar-refractivity contribution is 0.906. The predicted molar refractivity (Wildman–Crippen MR) is 47.6 cm³/mol. The molecule has 1 atom stereocenters. The molecule has 0 bridgehead atoms. The summed E-state index contributed by atoms with van der Waals surface area (Å²) in [5, 5.41) is 0. The number of pyridine rings is 1. The van der Waals surface area contributed by atoms with Gasteiger partial charge in [0.25, 0.3) is 0 Å². The number of aryl methyl sites for hydroxylation is 1. The number of hydrogen-bond donors (Lipinski definition) is 0. The van der Waals surface area contributed by atoms with Gasteiger partial charge in [0.05, 0.1) is 0 Å². The van der Waals surface area contributed by atoms with Crippen molar-refractivity contribution in [2.45, 2.75) is 19.8 Å². The lowest BCUT2D eigenvalue weighted by Gasteiger charge is -2.03. The SMILES string of the molecule is C=CC(C)c1ccc(C)cn1. The Balaban J connectivity index is 2.89. The molecule has 0 aliphatic carbocycles. The van der Waals surface area contributed by atoms with Crippen LogP contribution in [0.1, 0.15) is 24.1 Å². The van der Waals surface area contributed by atoms with E-state index in [0.717, 1.165) is 5.69 Å². The third-order valence-electron chi connectivity index (χ3n) is 1.75. The van der Waals surface area contributed by atoms with Crippen molar-refractivity contribution in [3.05, 3.63) is 42.2 Å². The Bertz CT molecular complexity index is 236. The molecule has 0 fully saturated rings. The molecular formula is C10H13N. The minimum Gasteiger partial charge on any atom is -0.260 e. The molecule has 1 heteroatoms. The van der Waals surface area contributed by atoms with E-state index in [0.29, 0.717) is 5.92 Å². The van der Waals surface area contributed by atoms with Gasteiger partial charge in [-0.1, -0.05) is 19.1 Å². The molecule has 1 rings (SSSR count). The second-order valence-corrected chi connectivity index (χ2v) is 2.78. The molecule has 1 aromatic rings. The average molecular weight is 147 g/mol. The van der Waals surface area contributed by atoms with Gasteiger partial charge in [0.15, 0.2) is 0 Å². The van der Waals surface area contributed by atoms with Crippen LogP contribution in [-0.2, 0) is 0 Å². The second-order valence-electron chi connectivity index (χ2n) is 2.78. The maximum Gasteiger partial charge on any atom is 0.0469 e. The Morgan fingerprint density at radius 1 is 1.55 bits per heavy atom. The monoisotopic (exact) mass is 147 g/mol. The van der Waals surface area contributed by atoms with E-state index in [9.17, 15) is 0 Å². The van der Waals surface area contributed by atoms with Crippen LogP contribution in [0.4, 0.5) is 0 Å². The van der Waals surface area contributed by atoms with E-state index in [1.165, 1.54) is 5.56 Å². The van der Waals surface area contributed by atoms with Gasteiger partial charge in [-0.05, 0) is 18.6 Å².